The minimum atomic E-state index is -3.79. The number of rotatable bonds is 5. The Bertz CT molecular complexity index is 874. The van der Waals surface area contributed by atoms with Crippen molar-refractivity contribution in [3.63, 3.8) is 0 Å². The molecule has 1 heterocycles. The number of carbonyl (C=O) groups is 1. The van der Waals surface area contributed by atoms with Gasteiger partial charge in [0.2, 0.25) is 0 Å². The maximum atomic E-state index is 12.6. The molecule has 0 aromatic heterocycles. The fraction of sp³-hybridized carbons (Fsp3) is 0.278. The smallest absolute Gasteiger partial charge is 0.261 e. The van der Waals surface area contributed by atoms with Gasteiger partial charge < -0.3 is 9.64 Å². The predicted octanol–water partition coefficient (Wildman–Crippen LogP) is 2.73. The molecule has 0 spiro atoms. The predicted molar refractivity (Wildman–Crippen MR) is 95.4 cm³/mol. The largest absolute Gasteiger partial charge is 0.497 e. The van der Waals surface area contributed by atoms with Crippen LogP contribution >= 0.6 is 0 Å². The Hall–Kier alpha value is -2.54. The Labute approximate surface area is 147 Å². The number of hydrogen-bond donors (Lipinski definition) is 1. The monoisotopic (exact) mass is 360 g/mol. The van der Waals surface area contributed by atoms with E-state index in [1.165, 1.54) is 19.2 Å². The molecule has 1 aliphatic heterocycles. The zero-order valence-electron chi connectivity index (χ0n) is 13.9. The third-order valence-corrected chi connectivity index (χ3v) is 5.49. The Morgan fingerprint density at radius 1 is 1.08 bits per heavy atom. The molecule has 1 fully saturated rings. The van der Waals surface area contributed by atoms with Crippen molar-refractivity contribution < 1.29 is 17.9 Å². The van der Waals surface area contributed by atoms with Crippen LogP contribution in [-0.2, 0) is 10.0 Å². The Kier molecular flexibility index (Phi) is 4.94. The number of ether oxygens (including phenoxy) is 1. The first-order valence-corrected chi connectivity index (χ1v) is 9.54. The molecule has 1 amide bonds. The molecule has 1 aliphatic rings. The summed E-state index contributed by atoms with van der Waals surface area (Å²) in [6.07, 6.45) is 1.97. The molecule has 7 heteroatoms. The van der Waals surface area contributed by atoms with E-state index in [9.17, 15) is 13.2 Å². The van der Waals surface area contributed by atoms with E-state index < -0.39 is 10.0 Å². The number of anilines is 1. The number of nitrogens with one attached hydrogen (secondary N) is 1. The van der Waals surface area contributed by atoms with Crippen LogP contribution in [0.4, 0.5) is 5.69 Å². The molecule has 6 nitrogen and oxygen atoms in total. The second-order valence-corrected chi connectivity index (χ2v) is 7.55. The van der Waals surface area contributed by atoms with Crippen molar-refractivity contribution in [2.75, 3.05) is 24.9 Å². The third kappa shape index (κ3) is 3.93. The number of likely N-dealkylation sites (tertiary alicyclic amines) is 1. The van der Waals surface area contributed by atoms with E-state index >= 15 is 0 Å². The average molecular weight is 360 g/mol. The maximum absolute atomic E-state index is 12.6. The summed E-state index contributed by atoms with van der Waals surface area (Å²) in [4.78, 5) is 14.3. The van der Waals surface area contributed by atoms with Gasteiger partial charge in [-0.2, -0.15) is 0 Å². The van der Waals surface area contributed by atoms with Gasteiger partial charge in [-0.1, -0.05) is 12.1 Å². The minimum Gasteiger partial charge on any atom is -0.497 e. The van der Waals surface area contributed by atoms with Crippen LogP contribution in [0, 0.1) is 0 Å². The SMILES string of the molecule is COc1cccc(NS(=O)(=O)c2cccc(C(=O)N3CCCC3)c2)c1. The fourth-order valence-electron chi connectivity index (χ4n) is 2.80. The molecule has 0 radical (unpaired) electrons. The summed E-state index contributed by atoms with van der Waals surface area (Å²) < 4.78 is 32.9. The first-order chi connectivity index (χ1) is 12.0. The van der Waals surface area contributed by atoms with Crippen molar-refractivity contribution in [1.82, 2.24) is 4.90 Å². The van der Waals surface area contributed by atoms with Gasteiger partial charge in [-0.25, -0.2) is 8.42 Å². The lowest BCUT2D eigenvalue weighted by Gasteiger charge is -2.16. The lowest BCUT2D eigenvalue weighted by atomic mass is 10.2. The average Bonchev–Trinajstić information content (AvgIpc) is 3.15. The third-order valence-electron chi connectivity index (χ3n) is 4.11. The highest BCUT2D eigenvalue weighted by atomic mass is 32.2. The van der Waals surface area contributed by atoms with E-state index in [2.05, 4.69) is 4.72 Å². The molecule has 0 atom stereocenters. The Morgan fingerprint density at radius 3 is 2.52 bits per heavy atom. The van der Waals surface area contributed by atoms with Crippen molar-refractivity contribution in [1.29, 1.82) is 0 Å². The van der Waals surface area contributed by atoms with Gasteiger partial charge in [0.15, 0.2) is 0 Å². The number of benzene rings is 2. The van der Waals surface area contributed by atoms with E-state index in [1.807, 2.05) is 0 Å². The van der Waals surface area contributed by atoms with Gasteiger partial charge in [0, 0.05) is 24.7 Å². The normalized spacial score (nSPS) is 14.4. The lowest BCUT2D eigenvalue weighted by molar-refractivity contribution is 0.0792. The molecule has 1 saturated heterocycles. The highest BCUT2D eigenvalue weighted by molar-refractivity contribution is 7.92. The second-order valence-electron chi connectivity index (χ2n) is 5.86. The van der Waals surface area contributed by atoms with Crippen molar-refractivity contribution in [3.8, 4) is 5.75 Å². The van der Waals surface area contributed by atoms with Crippen molar-refractivity contribution >= 4 is 21.6 Å². The molecule has 0 aliphatic carbocycles. The summed E-state index contributed by atoms with van der Waals surface area (Å²) in [7, 11) is -2.28. The van der Waals surface area contributed by atoms with E-state index in [0.29, 0.717) is 17.0 Å². The van der Waals surface area contributed by atoms with E-state index in [4.69, 9.17) is 4.74 Å². The standard InChI is InChI=1S/C18H20N2O4S/c1-24-16-8-5-7-15(13-16)19-25(22,23)17-9-4-6-14(12-17)18(21)20-10-2-3-11-20/h4-9,12-13,19H,2-3,10-11H2,1H3. The van der Waals surface area contributed by atoms with Crippen LogP contribution in [0.2, 0.25) is 0 Å². The maximum Gasteiger partial charge on any atom is 0.261 e. The number of carbonyl (C=O) groups excluding carboxylic acids is 1. The van der Waals surface area contributed by atoms with Gasteiger partial charge in [0.05, 0.1) is 17.7 Å². The van der Waals surface area contributed by atoms with Gasteiger partial charge in [0.25, 0.3) is 15.9 Å². The van der Waals surface area contributed by atoms with Crippen molar-refractivity contribution in [3.05, 3.63) is 54.1 Å². The lowest BCUT2D eigenvalue weighted by Crippen LogP contribution is -2.27. The number of amides is 1. The van der Waals surface area contributed by atoms with Crippen molar-refractivity contribution in [2.24, 2.45) is 0 Å². The van der Waals surface area contributed by atoms with Crippen LogP contribution in [-0.4, -0.2) is 39.4 Å². The van der Waals surface area contributed by atoms with Crippen LogP contribution in [0.3, 0.4) is 0 Å². The minimum absolute atomic E-state index is 0.0559. The van der Waals surface area contributed by atoms with Gasteiger partial charge in [-0.15, -0.1) is 0 Å². The summed E-state index contributed by atoms with van der Waals surface area (Å²) in [5.41, 5.74) is 0.783. The molecule has 0 bridgehead atoms. The van der Waals surface area contributed by atoms with Gasteiger partial charge in [0.1, 0.15) is 5.75 Å². The molecule has 2 aromatic carbocycles. The first-order valence-electron chi connectivity index (χ1n) is 8.06. The molecule has 1 N–H and O–H groups in total. The number of hydrogen-bond acceptors (Lipinski definition) is 4. The molecule has 2 aromatic rings. The van der Waals surface area contributed by atoms with Crippen LogP contribution in [0.25, 0.3) is 0 Å². The molecule has 3 rings (SSSR count). The van der Waals surface area contributed by atoms with Crippen LogP contribution in [0.1, 0.15) is 23.2 Å². The number of nitrogens with zero attached hydrogens (tertiary/aromatic N) is 1. The first kappa shape index (κ1) is 17.3. The molecular weight excluding hydrogens is 340 g/mol. The summed E-state index contributed by atoms with van der Waals surface area (Å²) in [5, 5.41) is 0. The van der Waals surface area contributed by atoms with E-state index in [0.717, 1.165) is 25.9 Å². The van der Waals surface area contributed by atoms with E-state index in [1.54, 1.807) is 41.3 Å². The zero-order chi connectivity index (χ0) is 17.9. The fourth-order valence-corrected chi connectivity index (χ4v) is 3.89. The number of sulfonamides is 1. The Morgan fingerprint density at radius 2 is 1.80 bits per heavy atom. The van der Waals surface area contributed by atoms with Crippen LogP contribution < -0.4 is 9.46 Å². The summed E-state index contributed by atoms with van der Waals surface area (Å²) in [5.74, 6) is 0.425. The molecule has 0 saturated carbocycles. The second kappa shape index (κ2) is 7.14. The quantitative estimate of drug-likeness (QED) is 0.890. The molecular formula is C18H20N2O4S. The number of methoxy groups -OCH3 is 1. The summed E-state index contributed by atoms with van der Waals surface area (Å²) in [6, 6.07) is 12.8. The molecule has 0 unspecified atom stereocenters. The Balaban J connectivity index is 1.84. The highest BCUT2D eigenvalue weighted by Gasteiger charge is 2.22. The van der Waals surface area contributed by atoms with Crippen LogP contribution in [0.15, 0.2) is 53.4 Å². The van der Waals surface area contributed by atoms with Crippen LogP contribution in [0.5, 0.6) is 5.75 Å². The van der Waals surface area contributed by atoms with Crippen molar-refractivity contribution in [2.45, 2.75) is 17.7 Å². The van der Waals surface area contributed by atoms with E-state index in [-0.39, 0.29) is 10.8 Å². The van der Waals surface area contributed by atoms with Gasteiger partial charge in [-0.3, -0.25) is 9.52 Å². The van der Waals surface area contributed by atoms with Gasteiger partial charge in [-0.05, 0) is 43.2 Å². The van der Waals surface area contributed by atoms with Gasteiger partial charge >= 0.3 is 0 Å². The highest BCUT2D eigenvalue weighted by Crippen LogP contribution is 2.22. The summed E-state index contributed by atoms with van der Waals surface area (Å²) >= 11 is 0. The molecule has 132 valence electrons. The summed E-state index contributed by atoms with van der Waals surface area (Å²) in [6.45, 7) is 1.44. The molecule has 25 heavy (non-hydrogen) atoms. The topological polar surface area (TPSA) is 75.7 Å². The zero-order valence-corrected chi connectivity index (χ0v) is 14.8.